The van der Waals surface area contributed by atoms with E-state index < -0.39 is 0 Å². The van der Waals surface area contributed by atoms with E-state index >= 15 is 0 Å². The van der Waals surface area contributed by atoms with Crippen molar-refractivity contribution in [1.82, 2.24) is 10.2 Å². The largest absolute Gasteiger partial charge is 0.414 e. The predicted molar refractivity (Wildman–Crippen MR) is 91.6 cm³/mol. The number of hydrogen-bond donors (Lipinski definition) is 1. The van der Waals surface area contributed by atoms with Crippen molar-refractivity contribution >= 4 is 40.1 Å². The number of rotatable bonds is 6. The molecule has 116 valence electrons. The zero-order chi connectivity index (χ0) is 14.5. The summed E-state index contributed by atoms with van der Waals surface area (Å²) in [4.78, 5) is 0. The number of hydrogen-bond acceptors (Lipinski definition) is 5. The Morgan fingerprint density at radius 3 is 2.57 bits per heavy atom. The van der Waals surface area contributed by atoms with Crippen LogP contribution in [-0.2, 0) is 5.75 Å². The first-order valence-electron chi connectivity index (χ1n) is 6.56. The highest BCUT2D eigenvalue weighted by Gasteiger charge is 2.19. The summed E-state index contributed by atoms with van der Waals surface area (Å²) >= 11 is 4.95. The molecule has 4 nitrogen and oxygen atoms in total. The Labute approximate surface area is 143 Å². The van der Waals surface area contributed by atoms with Crippen LogP contribution in [-0.4, -0.2) is 10.2 Å². The summed E-state index contributed by atoms with van der Waals surface area (Å²) in [6, 6.07) is 8.00. The van der Waals surface area contributed by atoms with Crippen molar-refractivity contribution in [2.45, 2.75) is 37.3 Å². The van der Waals surface area contributed by atoms with Crippen LogP contribution in [0, 0.1) is 5.92 Å². The molecule has 7 heteroatoms. The van der Waals surface area contributed by atoms with Crippen LogP contribution in [0.25, 0.3) is 0 Å². The van der Waals surface area contributed by atoms with Crippen LogP contribution in [0.15, 0.2) is 38.4 Å². The van der Waals surface area contributed by atoms with Crippen molar-refractivity contribution in [3.05, 3.63) is 40.2 Å². The van der Waals surface area contributed by atoms with Gasteiger partial charge < -0.3 is 10.2 Å². The third kappa shape index (κ3) is 5.29. The maximum atomic E-state index is 6.08. The van der Waals surface area contributed by atoms with Gasteiger partial charge in [-0.2, -0.15) is 0 Å². The van der Waals surface area contributed by atoms with Gasteiger partial charge in [0.2, 0.25) is 5.89 Å². The number of aromatic nitrogens is 2. The third-order valence-corrected chi connectivity index (χ3v) is 4.66. The lowest BCUT2D eigenvalue weighted by Gasteiger charge is -2.13. The highest BCUT2D eigenvalue weighted by Crippen LogP contribution is 2.26. The van der Waals surface area contributed by atoms with E-state index in [1.165, 1.54) is 17.3 Å². The van der Waals surface area contributed by atoms with Gasteiger partial charge in [-0.3, -0.25) is 0 Å². The van der Waals surface area contributed by atoms with Crippen molar-refractivity contribution in [2.24, 2.45) is 11.7 Å². The maximum Gasteiger partial charge on any atom is 0.276 e. The Morgan fingerprint density at radius 2 is 1.95 bits per heavy atom. The molecule has 2 N–H and O–H groups in total. The van der Waals surface area contributed by atoms with Gasteiger partial charge in [0.15, 0.2) is 0 Å². The molecule has 0 saturated carbocycles. The van der Waals surface area contributed by atoms with E-state index in [4.69, 9.17) is 10.2 Å². The molecule has 2 atom stereocenters. The first-order valence-corrected chi connectivity index (χ1v) is 8.34. The number of nitrogens with zero attached hydrogens (tertiary/aromatic N) is 2. The van der Waals surface area contributed by atoms with Gasteiger partial charge in [-0.25, -0.2) is 0 Å². The zero-order valence-electron chi connectivity index (χ0n) is 12.0. The predicted octanol–water partition coefficient (Wildman–Crippen LogP) is 4.59. The van der Waals surface area contributed by atoms with E-state index in [0.717, 1.165) is 16.6 Å². The summed E-state index contributed by atoms with van der Waals surface area (Å²) < 4.78 is 6.70. The first kappa shape index (κ1) is 18.5. The molecule has 0 aliphatic heterocycles. The Balaban J connectivity index is 0.00000220. The van der Waals surface area contributed by atoms with Crippen LogP contribution in [0.4, 0.5) is 0 Å². The highest BCUT2D eigenvalue weighted by molar-refractivity contribution is 9.10. The molecule has 1 aromatic heterocycles. The van der Waals surface area contributed by atoms with Gasteiger partial charge in [0.05, 0.1) is 6.04 Å². The topological polar surface area (TPSA) is 64.9 Å². The van der Waals surface area contributed by atoms with Gasteiger partial charge in [0.1, 0.15) is 0 Å². The maximum absolute atomic E-state index is 6.08. The lowest BCUT2D eigenvalue weighted by molar-refractivity contribution is 0.333. The molecule has 0 saturated heterocycles. The standard InChI is InChI=1S/C14H18BrN3OS.ClH/c1-3-9(2)12(16)13-17-18-14(19-13)20-8-10-4-6-11(15)7-5-10;/h4-7,9,12H,3,8,16H2,1-2H3;1H/t9?,12-;/m0./s1. The average Bonchev–Trinajstić information content (AvgIpc) is 2.94. The summed E-state index contributed by atoms with van der Waals surface area (Å²) in [6.07, 6.45) is 0.991. The van der Waals surface area contributed by atoms with Gasteiger partial charge in [0, 0.05) is 10.2 Å². The van der Waals surface area contributed by atoms with E-state index in [1.54, 1.807) is 0 Å². The molecule has 0 aliphatic carbocycles. The molecule has 1 heterocycles. The minimum absolute atomic E-state index is 0. The molecule has 1 unspecified atom stereocenters. The summed E-state index contributed by atoms with van der Waals surface area (Å²) in [5.74, 6) is 1.66. The molecule has 0 radical (unpaired) electrons. The number of halogens is 2. The molecule has 0 fully saturated rings. The molecule has 21 heavy (non-hydrogen) atoms. The third-order valence-electron chi connectivity index (χ3n) is 3.24. The lowest BCUT2D eigenvalue weighted by atomic mass is 10.0. The fourth-order valence-electron chi connectivity index (χ4n) is 1.64. The smallest absolute Gasteiger partial charge is 0.276 e. The molecule has 0 aliphatic rings. The minimum atomic E-state index is -0.186. The second-order valence-electron chi connectivity index (χ2n) is 4.73. The van der Waals surface area contributed by atoms with E-state index in [1.807, 2.05) is 12.1 Å². The van der Waals surface area contributed by atoms with Gasteiger partial charge in [-0.15, -0.1) is 22.6 Å². The van der Waals surface area contributed by atoms with Gasteiger partial charge in [0.25, 0.3) is 5.22 Å². The molecule has 2 rings (SSSR count). The van der Waals surface area contributed by atoms with Crippen molar-refractivity contribution in [2.75, 3.05) is 0 Å². The Hall–Kier alpha value is -0.560. The molecule has 0 bridgehead atoms. The SMILES string of the molecule is CCC(C)[C@H](N)c1nnc(SCc2ccc(Br)cc2)o1.Cl. The zero-order valence-corrected chi connectivity index (χ0v) is 15.2. The lowest BCUT2D eigenvalue weighted by Crippen LogP contribution is -2.18. The van der Waals surface area contributed by atoms with Crippen LogP contribution in [0.3, 0.4) is 0 Å². The normalized spacial score (nSPS) is 13.5. The molecule has 0 spiro atoms. The number of benzene rings is 1. The van der Waals surface area contributed by atoms with Crippen LogP contribution >= 0.6 is 40.1 Å². The highest BCUT2D eigenvalue weighted by atomic mass is 79.9. The van der Waals surface area contributed by atoms with Crippen LogP contribution in [0.1, 0.15) is 37.8 Å². The Bertz CT molecular complexity index is 549. The number of thioether (sulfide) groups is 1. The van der Waals surface area contributed by atoms with E-state index in [2.05, 4.69) is 52.1 Å². The first-order chi connectivity index (χ1) is 9.60. The molecular weight excluding hydrogens is 374 g/mol. The summed E-state index contributed by atoms with van der Waals surface area (Å²) in [5.41, 5.74) is 7.29. The fraction of sp³-hybridized carbons (Fsp3) is 0.429. The average molecular weight is 393 g/mol. The van der Waals surface area contributed by atoms with Gasteiger partial charge in [-0.1, -0.05) is 60.1 Å². The van der Waals surface area contributed by atoms with Crippen LogP contribution in [0.5, 0.6) is 0 Å². The summed E-state index contributed by atoms with van der Waals surface area (Å²) in [5, 5.41) is 8.66. The van der Waals surface area contributed by atoms with Crippen molar-refractivity contribution in [3.8, 4) is 0 Å². The molecule has 0 amide bonds. The number of nitrogens with two attached hydrogens (primary N) is 1. The Kier molecular flexibility index (Phi) is 7.73. The fourth-order valence-corrected chi connectivity index (χ4v) is 2.63. The summed E-state index contributed by atoms with van der Waals surface area (Å²) in [7, 11) is 0. The molecular formula is C14H19BrClN3OS. The second kappa shape index (κ2) is 8.78. The van der Waals surface area contributed by atoms with Gasteiger partial charge in [-0.05, 0) is 23.6 Å². The second-order valence-corrected chi connectivity index (χ2v) is 6.57. The quantitative estimate of drug-likeness (QED) is 0.728. The minimum Gasteiger partial charge on any atom is -0.414 e. The Morgan fingerprint density at radius 1 is 1.29 bits per heavy atom. The van der Waals surface area contributed by atoms with Crippen molar-refractivity contribution in [3.63, 3.8) is 0 Å². The monoisotopic (exact) mass is 391 g/mol. The van der Waals surface area contributed by atoms with E-state index in [-0.39, 0.29) is 18.4 Å². The molecule has 2 aromatic rings. The molecule has 1 aromatic carbocycles. The van der Waals surface area contributed by atoms with E-state index in [0.29, 0.717) is 17.0 Å². The van der Waals surface area contributed by atoms with Gasteiger partial charge >= 0.3 is 0 Å². The van der Waals surface area contributed by atoms with Crippen LogP contribution in [0.2, 0.25) is 0 Å². The van der Waals surface area contributed by atoms with Crippen molar-refractivity contribution in [1.29, 1.82) is 0 Å². The van der Waals surface area contributed by atoms with Crippen molar-refractivity contribution < 1.29 is 4.42 Å². The summed E-state index contributed by atoms with van der Waals surface area (Å²) in [6.45, 7) is 4.19. The van der Waals surface area contributed by atoms with E-state index in [9.17, 15) is 0 Å². The van der Waals surface area contributed by atoms with Crippen LogP contribution < -0.4 is 5.73 Å².